The highest BCUT2D eigenvalue weighted by Crippen LogP contribution is 2.35. The molecule has 2 N–H and O–H groups in total. The Bertz CT molecular complexity index is 474. The summed E-state index contributed by atoms with van der Waals surface area (Å²) in [5.41, 5.74) is 7.13. The lowest BCUT2D eigenvalue weighted by Crippen LogP contribution is -2.47. The molecule has 1 amide bonds. The van der Waals surface area contributed by atoms with Crippen LogP contribution in [-0.4, -0.2) is 23.4 Å². The van der Waals surface area contributed by atoms with E-state index in [1.807, 2.05) is 4.90 Å². The zero-order chi connectivity index (χ0) is 13.1. The minimum absolute atomic E-state index is 0.0170. The van der Waals surface area contributed by atoms with Gasteiger partial charge in [0.2, 0.25) is 5.91 Å². The lowest BCUT2D eigenvalue weighted by atomic mass is 9.96. The van der Waals surface area contributed by atoms with Gasteiger partial charge in [-0.2, -0.15) is 0 Å². The molecular formula is C14H18N2OS. The number of hydrogen-bond donors (Lipinski definition) is 1. The van der Waals surface area contributed by atoms with Gasteiger partial charge in [-0.15, -0.1) is 23.7 Å². The average molecular weight is 262 g/mol. The zero-order valence-corrected chi connectivity index (χ0v) is 11.4. The highest BCUT2D eigenvalue weighted by Gasteiger charge is 2.32. The number of carbonyl (C=O) groups excluding carboxylic acids is 1. The van der Waals surface area contributed by atoms with Crippen LogP contribution in [-0.2, 0) is 11.2 Å². The molecule has 4 heteroatoms. The van der Waals surface area contributed by atoms with Crippen molar-refractivity contribution in [1.82, 2.24) is 4.90 Å². The van der Waals surface area contributed by atoms with Crippen LogP contribution in [0.25, 0.3) is 0 Å². The van der Waals surface area contributed by atoms with E-state index >= 15 is 0 Å². The second-order valence-electron chi connectivity index (χ2n) is 4.52. The third kappa shape index (κ3) is 2.29. The maximum Gasteiger partial charge on any atom is 0.240 e. The zero-order valence-electron chi connectivity index (χ0n) is 10.6. The highest BCUT2D eigenvalue weighted by atomic mass is 32.1. The van der Waals surface area contributed by atoms with Crippen molar-refractivity contribution in [2.24, 2.45) is 5.73 Å². The van der Waals surface area contributed by atoms with Crippen LogP contribution in [0.4, 0.5) is 0 Å². The number of fused-ring (bicyclic) bond motifs is 1. The van der Waals surface area contributed by atoms with Gasteiger partial charge in [0.25, 0.3) is 0 Å². The topological polar surface area (TPSA) is 46.3 Å². The molecule has 0 fully saturated rings. The number of nitrogens with zero attached hydrogens (tertiary/aromatic N) is 1. The monoisotopic (exact) mass is 262 g/mol. The molecule has 2 heterocycles. The van der Waals surface area contributed by atoms with Gasteiger partial charge in [-0.3, -0.25) is 4.79 Å². The maximum absolute atomic E-state index is 12.3. The van der Waals surface area contributed by atoms with Gasteiger partial charge in [-0.05, 0) is 29.9 Å². The predicted octanol–water partition coefficient (Wildman–Crippen LogP) is 1.93. The van der Waals surface area contributed by atoms with Gasteiger partial charge in [0.05, 0.1) is 12.1 Å². The summed E-state index contributed by atoms with van der Waals surface area (Å²) in [6, 6.07) is 1.72. The van der Waals surface area contributed by atoms with Crippen LogP contribution in [0.1, 0.15) is 36.2 Å². The number of rotatable bonds is 3. The number of terminal acetylenes is 1. The van der Waals surface area contributed by atoms with Gasteiger partial charge in [0, 0.05) is 17.8 Å². The third-order valence-corrected chi connectivity index (χ3v) is 4.42. The molecule has 2 atom stereocenters. The molecule has 0 spiro atoms. The van der Waals surface area contributed by atoms with Crippen molar-refractivity contribution in [3.63, 3.8) is 0 Å². The second kappa shape index (κ2) is 5.55. The summed E-state index contributed by atoms with van der Waals surface area (Å²) in [4.78, 5) is 15.6. The first-order valence-corrected chi connectivity index (χ1v) is 7.12. The average Bonchev–Trinajstić information content (AvgIpc) is 2.85. The lowest BCUT2D eigenvalue weighted by molar-refractivity contribution is -0.135. The number of thiophene rings is 1. The van der Waals surface area contributed by atoms with Crippen molar-refractivity contribution < 1.29 is 4.79 Å². The molecule has 0 aliphatic carbocycles. The van der Waals surface area contributed by atoms with E-state index in [2.05, 4.69) is 24.3 Å². The van der Waals surface area contributed by atoms with Crippen LogP contribution in [0.2, 0.25) is 0 Å². The van der Waals surface area contributed by atoms with Crippen molar-refractivity contribution in [3.8, 4) is 12.3 Å². The number of amides is 1. The van der Waals surface area contributed by atoms with Crippen LogP contribution in [0.5, 0.6) is 0 Å². The van der Waals surface area contributed by atoms with Gasteiger partial charge in [0.15, 0.2) is 0 Å². The van der Waals surface area contributed by atoms with E-state index in [0.29, 0.717) is 6.42 Å². The molecule has 1 aliphatic rings. The van der Waals surface area contributed by atoms with E-state index in [-0.39, 0.29) is 11.9 Å². The third-order valence-electron chi connectivity index (χ3n) is 3.42. The minimum Gasteiger partial charge on any atom is -0.334 e. The second-order valence-corrected chi connectivity index (χ2v) is 5.52. The summed E-state index contributed by atoms with van der Waals surface area (Å²) in [7, 11) is 0. The molecule has 0 saturated heterocycles. The Labute approximate surface area is 112 Å². The van der Waals surface area contributed by atoms with E-state index in [4.69, 9.17) is 12.2 Å². The van der Waals surface area contributed by atoms with Crippen molar-refractivity contribution in [2.75, 3.05) is 6.54 Å². The molecule has 1 aromatic rings. The van der Waals surface area contributed by atoms with Gasteiger partial charge in [-0.1, -0.05) is 6.92 Å². The molecule has 0 aromatic carbocycles. The van der Waals surface area contributed by atoms with Crippen LogP contribution < -0.4 is 5.73 Å². The molecule has 1 aliphatic heterocycles. The molecule has 2 unspecified atom stereocenters. The fourth-order valence-electron chi connectivity index (χ4n) is 2.53. The first-order chi connectivity index (χ1) is 8.69. The molecule has 0 bridgehead atoms. The summed E-state index contributed by atoms with van der Waals surface area (Å²) >= 11 is 1.78. The Kier molecular flexibility index (Phi) is 4.05. The Morgan fingerprint density at radius 1 is 1.78 bits per heavy atom. The van der Waals surface area contributed by atoms with E-state index in [9.17, 15) is 4.79 Å². The molecular weight excluding hydrogens is 244 g/mol. The van der Waals surface area contributed by atoms with Crippen molar-refractivity contribution in [3.05, 3.63) is 21.9 Å². The normalized spacial score (nSPS) is 20.1. The summed E-state index contributed by atoms with van der Waals surface area (Å²) in [6.45, 7) is 2.85. The Morgan fingerprint density at radius 2 is 2.56 bits per heavy atom. The van der Waals surface area contributed by atoms with Crippen molar-refractivity contribution in [2.45, 2.75) is 38.3 Å². The lowest BCUT2D eigenvalue weighted by Gasteiger charge is -2.36. The fraction of sp³-hybridized carbons (Fsp3) is 0.500. The molecule has 1 aromatic heterocycles. The van der Waals surface area contributed by atoms with Gasteiger partial charge < -0.3 is 10.6 Å². The summed E-state index contributed by atoms with van der Waals surface area (Å²) in [5.74, 6) is 2.45. The van der Waals surface area contributed by atoms with E-state index < -0.39 is 6.04 Å². The largest absolute Gasteiger partial charge is 0.334 e. The van der Waals surface area contributed by atoms with Crippen molar-refractivity contribution >= 4 is 17.2 Å². The fourth-order valence-corrected chi connectivity index (χ4v) is 3.46. The predicted molar refractivity (Wildman–Crippen MR) is 74.2 cm³/mol. The minimum atomic E-state index is -0.566. The van der Waals surface area contributed by atoms with Crippen LogP contribution >= 0.6 is 11.3 Å². The summed E-state index contributed by atoms with van der Waals surface area (Å²) < 4.78 is 0. The number of nitrogens with two attached hydrogens (primary N) is 1. The quantitative estimate of drug-likeness (QED) is 0.846. The van der Waals surface area contributed by atoms with Gasteiger partial charge in [0.1, 0.15) is 0 Å². The SMILES string of the molecule is C#CCC(N)C(=O)N1CCc2sccc2C1CC. The number of hydrogen-bond acceptors (Lipinski definition) is 3. The Balaban J connectivity index is 2.20. The van der Waals surface area contributed by atoms with Gasteiger partial charge in [-0.25, -0.2) is 0 Å². The van der Waals surface area contributed by atoms with E-state index in [1.54, 1.807) is 11.3 Å². The maximum atomic E-state index is 12.3. The standard InChI is InChI=1S/C14H18N2OS/c1-3-5-11(15)14(17)16-8-6-13-10(7-9-18-13)12(16)4-2/h1,7,9,11-12H,4-6,8,15H2,2H3. The molecule has 2 rings (SSSR count). The number of carbonyl (C=O) groups is 1. The van der Waals surface area contributed by atoms with Crippen LogP contribution in [0, 0.1) is 12.3 Å². The molecule has 0 saturated carbocycles. The summed E-state index contributed by atoms with van der Waals surface area (Å²) in [6.07, 6.45) is 7.38. The molecule has 18 heavy (non-hydrogen) atoms. The van der Waals surface area contributed by atoms with Gasteiger partial charge >= 0.3 is 0 Å². The Morgan fingerprint density at radius 3 is 3.22 bits per heavy atom. The summed E-state index contributed by atoms with van der Waals surface area (Å²) in [5, 5.41) is 2.10. The first kappa shape index (κ1) is 13.1. The Hall–Kier alpha value is -1.31. The van der Waals surface area contributed by atoms with Crippen molar-refractivity contribution in [1.29, 1.82) is 0 Å². The van der Waals surface area contributed by atoms with E-state index in [0.717, 1.165) is 19.4 Å². The van der Waals surface area contributed by atoms with Crippen LogP contribution in [0.15, 0.2) is 11.4 Å². The highest BCUT2D eigenvalue weighted by molar-refractivity contribution is 7.10. The molecule has 96 valence electrons. The molecule has 0 radical (unpaired) electrons. The first-order valence-electron chi connectivity index (χ1n) is 6.24. The molecule has 3 nitrogen and oxygen atoms in total. The van der Waals surface area contributed by atoms with Crippen LogP contribution in [0.3, 0.4) is 0 Å². The van der Waals surface area contributed by atoms with E-state index in [1.165, 1.54) is 10.4 Å². The smallest absolute Gasteiger partial charge is 0.240 e.